The van der Waals surface area contributed by atoms with Crippen molar-refractivity contribution in [2.45, 2.75) is 0 Å². The van der Waals surface area contributed by atoms with E-state index in [1.807, 2.05) is 0 Å². The van der Waals surface area contributed by atoms with Crippen LogP contribution in [0.3, 0.4) is 0 Å². The van der Waals surface area contributed by atoms with E-state index in [-0.39, 0.29) is 53.8 Å². The Kier molecular flexibility index (Phi) is 381. The van der Waals surface area contributed by atoms with Crippen molar-refractivity contribution in [2.75, 3.05) is 0 Å². The van der Waals surface area contributed by atoms with Gasteiger partial charge in [0.25, 0.3) is 0 Å². The van der Waals surface area contributed by atoms with Crippen LogP contribution in [-0.4, -0.2) is 36.7 Å². The summed E-state index contributed by atoms with van der Waals surface area (Å²) in [7, 11) is 0. The predicted molar refractivity (Wildman–Crippen MR) is 27.0 cm³/mol. The quantitative estimate of drug-likeness (QED) is 0.305. The van der Waals surface area contributed by atoms with Gasteiger partial charge in [-0.15, -0.1) is 0 Å². The molecule has 0 aliphatic heterocycles. The smallest absolute Gasteiger partial charge is 0.0149 e. The SMILES string of the molecule is [AlH3].[B].[Fe].[SiH4]. The van der Waals surface area contributed by atoms with Gasteiger partial charge in [-0.2, -0.15) is 0 Å². The molecule has 0 spiro atoms. The molecule has 0 aromatic heterocycles. The van der Waals surface area contributed by atoms with Crippen LogP contribution in [0.25, 0.3) is 0 Å². The van der Waals surface area contributed by atoms with Crippen molar-refractivity contribution < 1.29 is 17.1 Å². The summed E-state index contributed by atoms with van der Waals surface area (Å²) in [6.07, 6.45) is 0. The summed E-state index contributed by atoms with van der Waals surface area (Å²) >= 11 is 0. The van der Waals surface area contributed by atoms with Crippen LogP contribution in [-0.2, 0) is 17.1 Å². The third-order valence-electron chi connectivity index (χ3n) is 0. The van der Waals surface area contributed by atoms with Crippen LogP contribution in [0.5, 0.6) is 0 Å². The summed E-state index contributed by atoms with van der Waals surface area (Å²) in [6, 6.07) is 0. The Morgan fingerprint density at radius 3 is 1.00 bits per heavy atom. The van der Waals surface area contributed by atoms with Gasteiger partial charge in [-0.05, 0) is 11.0 Å². The van der Waals surface area contributed by atoms with Crippen LogP contribution in [0, 0.1) is 0 Å². The van der Waals surface area contributed by atoms with Crippen molar-refractivity contribution >= 4 is 36.7 Å². The van der Waals surface area contributed by atoms with E-state index < -0.39 is 0 Å². The van der Waals surface area contributed by atoms with Gasteiger partial charge >= 0.3 is 0 Å². The van der Waals surface area contributed by atoms with Gasteiger partial charge in [0, 0.05) is 25.5 Å². The van der Waals surface area contributed by atoms with Gasteiger partial charge in [-0.25, -0.2) is 0 Å². The second-order valence-corrected chi connectivity index (χ2v) is 0. The molecule has 0 heterocycles. The fourth-order valence-electron chi connectivity index (χ4n) is 0. The van der Waals surface area contributed by atoms with Crippen molar-refractivity contribution in [2.24, 2.45) is 0 Å². The summed E-state index contributed by atoms with van der Waals surface area (Å²) in [5, 5.41) is 0. The van der Waals surface area contributed by atoms with Crippen molar-refractivity contribution in [3.8, 4) is 0 Å². The molecular weight excluding hydrogens is 122 g/mol. The van der Waals surface area contributed by atoms with Gasteiger partial charge in [-0.3, -0.25) is 0 Å². The summed E-state index contributed by atoms with van der Waals surface area (Å²) < 4.78 is 0. The second-order valence-electron chi connectivity index (χ2n) is 0. The zero-order valence-corrected chi connectivity index (χ0v) is 2.04. The predicted octanol–water partition coefficient (Wildman–Crippen LogP) is -3.02. The molecule has 0 unspecified atom stereocenters. The molecular formula is H7AlBFeSi. The third-order valence-corrected chi connectivity index (χ3v) is 0. The van der Waals surface area contributed by atoms with Crippen molar-refractivity contribution in [1.82, 2.24) is 0 Å². The Labute approximate surface area is 53.9 Å². The van der Waals surface area contributed by atoms with E-state index >= 15 is 0 Å². The Morgan fingerprint density at radius 1 is 1.00 bits per heavy atom. The molecule has 4 heteroatoms. The molecule has 0 N–H and O–H groups in total. The maximum atomic E-state index is 0. The summed E-state index contributed by atoms with van der Waals surface area (Å²) in [4.78, 5) is 0. The first-order chi connectivity index (χ1) is 0. The molecule has 3 radical (unpaired) electrons. The molecule has 0 aliphatic carbocycles. The van der Waals surface area contributed by atoms with E-state index in [1.165, 1.54) is 0 Å². The van der Waals surface area contributed by atoms with E-state index in [0.29, 0.717) is 0 Å². The molecule has 0 atom stereocenters. The number of rotatable bonds is 0. The molecule has 0 fully saturated rings. The van der Waals surface area contributed by atoms with Gasteiger partial charge in [-0.1, -0.05) is 0 Å². The van der Waals surface area contributed by atoms with Gasteiger partial charge in [0.2, 0.25) is 0 Å². The fourth-order valence-corrected chi connectivity index (χ4v) is 0. The van der Waals surface area contributed by atoms with Crippen LogP contribution in [0.1, 0.15) is 0 Å². The Bertz CT molecular complexity index is 8.00. The van der Waals surface area contributed by atoms with Gasteiger partial charge in [0.05, 0.1) is 0 Å². The van der Waals surface area contributed by atoms with E-state index in [2.05, 4.69) is 0 Å². The zero-order chi connectivity index (χ0) is 0. The maximum Gasteiger partial charge on any atom is 0.187 e. The molecule has 25 valence electrons. The molecule has 0 aromatic carbocycles. The Balaban J connectivity index is 0. The molecule has 0 aromatic rings. The summed E-state index contributed by atoms with van der Waals surface area (Å²) in [6.45, 7) is 0. The van der Waals surface area contributed by atoms with E-state index in [4.69, 9.17) is 0 Å². The van der Waals surface area contributed by atoms with Crippen molar-refractivity contribution in [3.63, 3.8) is 0 Å². The second kappa shape index (κ2) is 27.1. The van der Waals surface area contributed by atoms with Crippen LogP contribution >= 0.6 is 0 Å². The molecule has 0 bridgehead atoms. The van der Waals surface area contributed by atoms with Crippen molar-refractivity contribution in [1.29, 1.82) is 0 Å². The standard InChI is InChI=1S/Al.B.Fe.H4Si.3H/h;;;1H4;;;. The van der Waals surface area contributed by atoms with Gasteiger partial charge < -0.3 is 0 Å². The van der Waals surface area contributed by atoms with Crippen LogP contribution in [0.15, 0.2) is 0 Å². The van der Waals surface area contributed by atoms with Gasteiger partial charge in [0.1, 0.15) is 0 Å². The minimum Gasteiger partial charge on any atom is -0.0149 e. The average molecular weight is 129 g/mol. The molecule has 0 nitrogen and oxygen atoms in total. The topological polar surface area (TPSA) is 0 Å². The van der Waals surface area contributed by atoms with Crippen molar-refractivity contribution in [3.05, 3.63) is 0 Å². The molecule has 4 heavy (non-hydrogen) atoms. The maximum absolute atomic E-state index is 0. The first-order valence-electron chi connectivity index (χ1n) is 0. The molecule has 0 saturated carbocycles. The molecule has 0 amide bonds. The Hall–Kier alpha value is 1.33. The summed E-state index contributed by atoms with van der Waals surface area (Å²) in [5.74, 6) is 0. The molecule has 0 saturated heterocycles. The van der Waals surface area contributed by atoms with Crippen LogP contribution in [0.4, 0.5) is 0 Å². The minimum atomic E-state index is 0. The third kappa shape index (κ3) is 10.2. The van der Waals surface area contributed by atoms with E-state index in [0.717, 1.165) is 0 Å². The first kappa shape index (κ1) is 56.3. The fraction of sp³-hybridized carbons (Fsp3) is 0. The first-order valence-corrected chi connectivity index (χ1v) is 0. The number of hydrogen-bond donors (Lipinski definition) is 0. The minimum absolute atomic E-state index is 0. The molecule has 0 rings (SSSR count). The Morgan fingerprint density at radius 2 is 1.00 bits per heavy atom. The summed E-state index contributed by atoms with van der Waals surface area (Å²) in [5.41, 5.74) is 0. The van der Waals surface area contributed by atoms with Crippen LogP contribution in [0.2, 0.25) is 0 Å². The number of hydrogen-bond acceptors (Lipinski definition) is 0. The molecule has 0 aliphatic rings. The monoisotopic (exact) mass is 129 g/mol. The average Bonchev–Trinajstić information content (AvgIpc) is 0. The normalized spacial score (nSPS) is 0. The van der Waals surface area contributed by atoms with E-state index in [1.54, 1.807) is 0 Å². The van der Waals surface area contributed by atoms with Crippen LogP contribution < -0.4 is 0 Å². The largest absolute Gasteiger partial charge is 0.187 e. The van der Waals surface area contributed by atoms with Gasteiger partial charge in [0.15, 0.2) is 17.4 Å². The van der Waals surface area contributed by atoms with E-state index in [9.17, 15) is 0 Å². The zero-order valence-electron chi connectivity index (χ0n) is 0.931.